The summed E-state index contributed by atoms with van der Waals surface area (Å²) in [7, 11) is 0. The lowest BCUT2D eigenvalue weighted by Gasteiger charge is -2.16. The maximum Gasteiger partial charge on any atom is 0.145 e. The lowest BCUT2D eigenvalue weighted by Crippen LogP contribution is -2.04. The van der Waals surface area contributed by atoms with E-state index in [0.29, 0.717) is 16.3 Å². The third-order valence-corrected chi connectivity index (χ3v) is 3.27. The van der Waals surface area contributed by atoms with E-state index in [4.69, 9.17) is 22.1 Å². The fourth-order valence-corrected chi connectivity index (χ4v) is 2.13. The van der Waals surface area contributed by atoms with E-state index >= 15 is 0 Å². The van der Waals surface area contributed by atoms with E-state index < -0.39 is 6.10 Å². The van der Waals surface area contributed by atoms with Crippen LogP contribution in [-0.2, 0) is 0 Å². The molecular weight excluding hydrogens is 298 g/mol. The zero-order valence-corrected chi connectivity index (χ0v) is 12.2. The topological polar surface area (TPSA) is 79.8 Å². The van der Waals surface area contributed by atoms with Crippen molar-refractivity contribution in [3.8, 4) is 12.1 Å². The van der Waals surface area contributed by atoms with Gasteiger partial charge in [-0.05, 0) is 23.8 Å². The molecule has 2 rings (SSSR count). The first kappa shape index (κ1) is 15.6. The van der Waals surface area contributed by atoms with Crippen LogP contribution in [-0.4, -0.2) is 5.11 Å². The first-order chi connectivity index (χ1) is 10.7. The van der Waals surface area contributed by atoms with Gasteiger partial charge in [0.25, 0.3) is 0 Å². The third kappa shape index (κ3) is 3.65. The van der Waals surface area contributed by atoms with E-state index in [2.05, 4.69) is 5.32 Å². The van der Waals surface area contributed by atoms with Crippen molar-refractivity contribution in [2.75, 3.05) is 5.32 Å². The number of allylic oxidation sites excluding steroid dienone is 1. The Kier molecular flexibility index (Phi) is 5.16. The second-order valence-corrected chi connectivity index (χ2v) is 4.91. The Labute approximate surface area is 133 Å². The molecule has 0 aliphatic rings. The van der Waals surface area contributed by atoms with Gasteiger partial charge in [0.05, 0.1) is 0 Å². The van der Waals surface area contributed by atoms with Crippen molar-refractivity contribution in [2.45, 2.75) is 6.10 Å². The van der Waals surface area contributed by atoms with Gasteiger partial charge in [0.15, 0.2) is 0 Å². The molecule has 0 amide bonds. The van der Waals surface area contributed by atoms with Gasteiger partial charge in [0, 0.05) is 22.5 Å². The molecule has 2 aromatic rings. The Hall–Kier alpha value is -2.79. The van der Waals surface area contributed by atoms with Gasteiger partial charge >= 0.3 is 0 Å². The fourth-order valence-electron chi connectivity index (χ4n) is 1.95. The first-order valence-corrected chi connectivity index (χ1v) is 6.83. The summed E-state index contributed by atoms with van der Waals surface area (Å²) < 4.78 is 0. The monoisotopic (exact) mass is 309 g/mol. The fraction of sp³-hybridized carbons (Fsp3) is 0.0588. The predicted octanol–water partition coefficient (Wildman–Crippen LogP) is 3.76. The van der Waals surface area contributed by atoms with Crippen LogP contribution in [0.4, 0.5) is 5.69 Å². The molecule has 2 aromatic carbocycles. The van der Waals surface area contributed by atoms with Crippen LogP contribution in [0.5, 0.6) is 0 Å². The van der Waals surface area contributed by atoms with Crippen molar-refractivity contribution in [2.24, 2.45) is 0 Å². The number of anilines is 1. The molecule has 0 bridgehead atoms. The van der Waals surface area contributed by atoms with Gasteiger partial charge in [-0.1, -0.05) is 41.9 Å². The minimum absolute atomic E-state index is 0.0601. The molecule has 22 heavy (non-hydrogen) atoms. The molecule has 5 heteroatoms. The lowest BCUT2D eigenvalue weighted by molar-refractivity contribution is 0.221. The van der Waals surface area contributed by atoms with Crippen LogP contribution < -0.4 is 5.32 Å². The van der Waals surface area contributed by atoms with E-state index in [-0.39, 0.29) is 5.57 Å². The molecule has 0 spiro atoms. The van der Waals surface area contributed by atoms with Crippen LogP contribution >= 0.6 is 11.6 Å². The molecule has 0 saturated carbocycles. The number of hydrogen-bond acceptors (Lipinski definition) is 4. The first-order valence-electron chi connectivity index (χ1n) is 6.45. The van der Waals surface area contributed by atoms with Gasteiger partial charge in [-0.3, -0.25) is 0 Å². The number of halogens is 1. The van der Waals surface area contributed by atoms with E-state index in [0.717, 1.165) is 5.56 Å². The zero-order chi connectivity index (χ0) is 15.9. The Morgan fingerprint density at radius 3 is 2.45 bits per heavy atom. The Bertz CT molecular complexity index is 757. The van der Waals surface area contributed by atoms with Crippen molar-refractivity contribution >= 4 is 17.3 Å². The molecular formula is C17H12ClN3O. The number of nitrogens with zero attached hydrogens (tertiary/aromatic N) is 2. The van der Waals surface area contributed by atoms with Gasteiger partial charge in [0.2, 0.25) is 0 Å². The Balaban J connectivity index is 2.39. The number of nitriles is 2. The quantitative estimate of drug-likeness (QED) is 0.843. The molecule has 0 heterocycles. The van der Waals surface area contributed by atoms with Crippen molar-refractivity contribution in [1.82, 2.24) is 0 Å². The Morgan fingerprint density at radius 1 is 1.14 bits per heavy atom. The summed E-state index contributed by atoms with van der Waals surface area (Å²) in [5, 5.41) is 31.4. The summed E-state index contributed by atoms with van der Waals surface area (Å²) in [4.78, 5) is 0. The van der Waals surface area contributed by atoms with Gasteiger partial charge in [-0.25, -0.2) is 0 Å². The van der Waals surface area contributed by atoms with Crippen molar-refractivity contribution in [3.05, 3.63) is 76.5 Å². The standard InChI is InChI=1S/C17H12ClN3O/c18-14-6-7-16(21-11-12(9-19)10-20)15(8-14)17(22)13-4-2-1-3-5-13/h1-8,11,17,21-22H. The highest BCUT2D eigenvalue weighted by molar-refractivity contribution is 6.30. The number of benzene rings is 2. The van der Waals surface area contributed by atoms with Crippen LogP contribution in [0.3, 0.4) is 0 Å². The molecule has 4 nitrogen and oxygen atoms in total. The van der Waals surface area contributed by atoms with Gasteiger partial charge in [-0.2, -0.15) is 10.5 Å². The second kappa shape index (κ2) is 7.28. The Morgan fingerprint density at radius 2 is 1.82 bits per heavy atom. The molecule has 1 unspecified atom stereocenters. The highest BCUT2D eigenvalue weighted by Gasteiger charge is 2.14. The zero-order valence-electron chi connectivity index (χ0n) is 11.5. The molecule has 108 valence electrons. The highest BCUT2D eigenvalue weighted by Crippen LogP contribution is 2.30. The normalized spacial score (nSPS) is 10.9. The molecule has 0 aliphatic carbocycles. The predicted molar refractivity (Wildman–Crippen MR) is 84.9 cm³/mol. The van der Waals surface area contributed by atoms with Gasteiger partial charge in [-0.15, -0.1) is 0 Å². The average Bonchev–Trinajstić information content (AvgIpc) is 2.57. The molecule has 0 fully saturated rings. The van der Waals surface area contributed by atoms with Crippen molar-refractivity contribution in [3.63, 3.8) is 0 Å². The third-order valence-electron chi connectivity index (χ3n) is 3.04. The molecule has 0 aliphatic heterocycles. The minimum Gasteiger partial charge on any atom is -0.384 e. The summed E-state index contributed by atoms with van der Waals surface area (Å²) >= 11 is 6.01. The smallest absolute Gasteiger partial charge is 0.145 e. The lowest BCUT2D eigenvalue weighted by atomic mass is 10.00. The number of nitrogens with one attached hydrogen (secondary N) is 1. The summed E-state index contributed by atoms with van der Waals surface area (Å²) in [5.74, 6) is 0. The summed E-state index contributed by atoms with van der Waals surface area (Å²) in [6.45, 7) is 0. The molecule has 0 saturated heterocycles. The maximum atomic E-state index is 10.5. The highest BCUT2D eigenvalue weighted by atomic mass is 35.5. The molecule has 1 atom stereocenters. The van der Waals surface area contributed by atoms with Crippen molar-refractivity contribution in [1.29, 1.82) is 10.5 Å². The van der Waals surface area contributed by atoms with Crippen molar-refractivity contribution < 1.29 is 5.11 Å². The summed E-state index contributed by atoms with van der Waals surface area (Å²) in [6.07, 6.45) is 0.424. The molecule has 0 aromatic heterocycles. The van der Waals surface area contributed by atoms with Gasteiger partial charge in [0.1, 0.15) is 23.8 Å². The molecule has 0 radical (unpaired) electrons. The van der Waals surface area contributed by atoms with E-state index in [1.54, 1.807) is 42.5 Å². The number of hydrogen-bond donors (Lipinski definition) is 2. The maximum absolute atomic E-state index is 10.5. The average molecular weight is 310 g/mol. The van der Waals surface area contributed by atoms with E-state index in [9.17, 15) is 5.11 Å². The van der Waals surface area contributed by atoms with E-state index in [1.807, 2.05) is 18.2 Å². The minimum atomic E-state index is -0.872. The number of rotatable bonds is 4. The summed E-state index contributed by atoms with van der Waals surface area (Å²) in [5.41, 5.74) is 1.79. The van der Waals surface area contributed by atoms with Crippen LogP contribution in [0, 0.1) is 22.7 Å². The SMILES string of the molecule is N#CC(C#N)=CNc1ccc(Cl)cc1C(O)c1ccccc1. The van der Waals surface area contributed by atoms with Crippen LogP contribution in [0.15, 0.2) is 60.3 Å². The van der Waals surface area contributed by atoms with Crippen LogP contribution in [0.2, 0.25) is 5.02 Å². The summed E-state index contributed by atoms with van der Waals surface area (Å²) in [6, 6.07) is 17.7. The van der Waals surface area contributed by atoms with E-state index in [1.165, 1.54) is 6.20 Å². The number of aliphatic hydroxyl groups excluding tert-OH is 1. The van der Waals surface area contributed by atoms with Crippen LogP contribution in [0.1, 0.15) is 17.2 Å². The second-order valence-electron chi connectivity index (χ2n) is 4.47. The molecule has 2 N–H and O–H groups in total. The van der Waals surface area contributed by atoms with Gasteiger partial charge < -0.3 is 10.4 Å². The largest absolute Gasteiger partial charge is 0.384 e. The number of aliphatic hydroxyl groups is 1. The van der Waals surface area contributed by atoms with Crippen LogP contribution in [0.25, 0.3) is 0 Å².